The number of nitrogens with zero attached hydrogens (tertiary/aromatic N) is 3. The minimum absolute atomic E-state index is 0.0684. The summed E-state index contributed by atoms with van der Waals surface area (Å²) in [7, 11) is 0. The van der Waals surface area contributed by atoms with Gasteiger partial charge in [0, 0.05) is 18.5 Å². The average molecular weight is 399 g/mol. The van der Waals surface area contributed by atoms with Crippen LogP contribution in [0.2, 0.25) is 0 Å². The summed E-state index contributed by atoms with van der Waals surface area (Å²) >= 11 is 0. The Hall–Kier alpha value is -3.16. The van der Waals surface area contributed by atoms with Crippen molar-refractivity contribution in [2.24, 2.45) is 0 Å². The van der Waals surface area contributed by atoms with Gasteiger partial charge in [0.2, 0.25) is 5.89 Å². The number of carbonyl (C=O) groups excluding carboxylic acids is 1. The van der Waals surface area contributed by atoms with Gasteiger partial charge in [-0.05, 0) is 57.9 Å². The summed E-state index contributed by atoms with van der Waals surface area (Å²) in [5, 5.41) is 4.56. The third-order valence-corrected chi connectivity index (χ3v) is 4.83. The molecule has 0 N–H and O–H groups in total. The van der Waals surface area contributed by atoms with Gasteiger partial charge >= 0.3 is 5.63 Å². The standard InChI is InChI=1S/C21H25N3O5/c1-11(2)24(9-18-22-15(6)29-23-18)19(25)10-27-16-7-12(3)8-17-20(16)13(4)14(5)21(26)28-17/h7-8,11H,9-10H2,1-6H3. The minimum Gasteiger partial charge on any atom is -0.483 e. The first-order valence-corrected chi connectivity index (χ1v) is 9.43. The van der Waals surface area contributed by atoms with Gasteiger partial charge in [-0.25, -0.2) is 4.79 Å². The Kier molecular flexibility index (Phi) is 5.72. The Labute approximate surface area is 168 Å². The second-order valence-corrected chi connectivity index (χ2v) is 7.41. The molecule has 0 fully saturated rings. The molecule has 2 heterocycles. The smallest absolute Gasteiger partial charge is 0.339 e. The molecule has 0 saturated heterocycles. The van der Waals surface area contributed by atoms with Crippen LogP contribution in [0.25, 0.3) is 11.0 Å². The van der Waals surface area contributed by atoms with Crippen LogP contribution < -0.4 is 10.4 Å². The Balaban J connectivity index is 1.86. The molecule has 0 unspecified atom stereocenters. The maximum Gasteiger partial charge on any atom is 0.339 e. The monoisotopic (exact) mass is 399 g/mol. The molecule has 2 aromatic heterocycles. The molecule has 0 aliphatic rings. The zero-order valence-corrected chi connectivity index (χ0v) is 17.5. The molecular formula is C21H25N3O5. The van der Waals surface area contributed by atoms with Crippen molar-refractivity contribution in [3.05, 3.63) is 51.0 Å². The van der Waals surface area contributed by atoms with Crippen LogP contribution in [0.1, 0.15) is 42.3 Å². The van der Waals surface area contributed by atoms with Gasteiger partial charge in [0.25, 0.3) is 5.91 Å². The fourth-order valence-electron chi connectivity index (χ4n) is 3.14. The highest BCUT2D eigenvalue weighted by molar-refractivity contribution is 5.88. The third kappa shape index (κ3) is 4.31. The van der Waals surface area contributed by atoms with E-state index in [0.717, 1.165) is 11.1 Å². The molecule has 0 bridgehead atoms. The molecule has 8 heteroatoms. The number of hydrogen-bond acceptors (Lipinski definition) is 7. The van der Waals surface area contributed by atoms with E-state index in [4.69, 9.17) is 13.7 Å². The number of aryl methyl sites for hydroxylation is 3. The normalized spacial score (nSPS) is 11.3. The van der Waals surface area contributed by atoms with Gasteiger partial charge in [-0.3, -0.25) is 4.79 Å². The summed E-state index contributed by atoms with van der Waals surface area (Å²) in [4.78, 5) is 30.6. The zero-order chi connectivity index (χ0) is 21.3. The molecule has 0 radical (unpaired) electrons. The van der Waals surface area contributed by atoms with Crippen LogP contribution in [0.15, 0.2) is 25.9 Å². The highest BCUT2D eigenvalue weighted by Crippen LogP contribution is 2.31. The Bertz CT molecular complexity index is 1110. The van der Waals surface area contributed by atoms with Crippen LogP contribution >= 0.6 is 0 Å². The topological polar surface area (TPSA) is 98.7 Å². The maximum absolute atomic E-state index is 12.8. The maximum atomic E-state index is 12.8. The number of carbonyl (C=O) groups is 1. The van der Waals surface area contributed by atoms with Crippen LogP contribution in [0.5, 0.6) is 5.75 Å². The minimum atomic E-state index is -0.371. The predicted molar refractivity (Wildman–Crippen MR) is 107 cm³/mol. The molecule has 0 aliphatic heterocycles. The lowest BCUT2D eigenvalue weighted by Crippen LogP contribution is -2.39. The van der Waals surface area contributed by atoms with Gasteiger partial charge in [-0.15, -0.1) is 0 Å². The summed E-state index contributed by atoms with van der Waals surface area (Å²) in [6.07, 6.45) is 0. The number of hydrogen-bond donors (Lipinski definition) is 0. The molecule has 0 atom stereocenters. The van der Waals surface area contributed by atoms with Crippen LogP contribution in [-0.2, 0) is 11.3 Å². The van der Waals surface area contributed by atoms with Crippen LogP contribution in [-0.4, -0.2) is 33.6 Å². The van der Waals surface area contributed by atoms with E-state index < -0.39 is 0 Å². The van der Waals surface area contributed by atoms with E-state index in [1.807, 2.05) is 33.8 Å². The number of fused-ring (bicyclic) bond motifs is 1. The molecule has 0 aliphatic carbocycles. The van der Waals surface area contributed by atoms with Crippen molar-refractivity contribution in [3.8, 4) is 5.75 Å². The van der Waals surface area contributed by atoms with Gasteiger partial charge in [-0.1, -0.05) is 5.16 Å². The first-order valence-electron chi connectivity index (χ1n) is 9.43. The third-order valence-electron chi connectivity index (χ3n) is 4.83. The van der Waals surface area contributed by atoms with Crippen molar-refractivity contribution in [1.29, 1.82) is 0 Å². The zero-order valence-electron chi connectivity index (χ0n) is 17.5. The number of amides is 1. The van der Waals surface area contributed by atoms with Gasteiger partial charge in [0.15, 0.2) is 12.4 Å². The molecule has 29 heavy (non-hydrogen) atoms. The van der Waals surface area contributed by atoms with Crippen molar-refractivity contribution in [2.75, 3.05) is 6.61 Å². The number of aromatic nitrogens is 2. The van der Waals surface area contributed by atoms with Crippen LogP contribution in [0.4, 0.5) is 0 Å². The predicted octanol–water partition coefficient (Wildman–Crippen LogP) is 3.23. The molecule has 1 aromatic carbocycles. The summed E-state index contributed by atoms with van der Waals surface area (Å²) in [6.45, 7) is 11.0. The van der Waals surface area contributed by atoms with E-state index in [1.54, 1.807) is 24.8 Å². The molecule has 1 amide bonds. The highest BCUT2D eigenvalue weighted by atomic mass is 16.5. The lowest BCUT2D eigenvalue weighted by atomic mass is 10.0. The first-order chi connectivity index (χ1) is 13.7. The summed E-state index contributed by atoms with van der Waals surface area (Å²) in [6, 6.07) is 3.56. The molecule has 3 rings (SSSR count). The van der Waals surface area contributed by atoms with Crippen LogP contribution in [0, 0.1) is 27.7 Å². The second kappa shape index (κ2) is 8.06. The quantitative estimate of drug-likeness (QED) is 0.587. The Morgan fingerprint density at radius 3 is 2.52 bits per heavy atom. The number of ether oxygens (including phenoxy) is 1. The average Bonchev–Trinajstić information content (AvgIpc) is 3.06. The van der Waals surface area contributed by atoms with Gasteiger partial charge < -0.3 is 18.6 Å². The lowest BCUT2D eigenvalue weighted by molar-refractivity contribution is -0.135. The van der Waals surface area contributed by atoms with E-state index in [-0.39, 0.29) is 30.7 Å². The first kappa shape index (κ1) is 20.6. The fourth-order valence-corrected chi connectivity index (χ4v) is 3.14. The van der Waals surface area contributed by atoms with Gasteiger partial charge in [-0.2, -0.15) is 4.98 Å². The van der Waals surface area contributed by atoms with E-state index in [2.05, 4.69) is 10.1 Å². The summed E-state index contributed by atoms with van der Waals surface area (Å²) in [5.41, 5.74) is 2.25. The number of rotatable bonds is 6. The highest BCUT2D eigenvalue weighted by Gasteiger charge is 2.21. The molecule has 0 spiro atoms. The van der Waals surface area contributed by atoms with Crippen molar-refractivity contribution >= 4 is 16.9 Å². The Morgan fingerprint density at radius 1 is 1.17 bits per heavy atom. The molecule has 154 valence electrons. The fraction of sp³-hybridized carbons (Fsp3) is 0.429. The molecule has 3 aromatic rings. The number of benzene rings is 1. The van der Waals surface area contributed by atoms with E-state index in [0.29, 0.717) is 34.0 Å². The summed E-state index contributed by atoms with van der Waals surface area (Å²) < 4.78 is 16.3. The Morgan fingerprint density at radius 2 is 1.90 bits per heavy atom. The van der Waals surface area contributed by atoms with Crippen molar-refractivity contribution < 1.29 is 18.5 Å². The van der Waals surface area contributed by atoms with E-state index in [1.165, 1.54) is 0 Å². The van der Waals surface area contributed by atoms with Gasteiger partial charge in [0.1, 0.15) is 11.3 Å². The molecule has 0 saturated carbocycles. The largest absolute Gasteiger partial charge is 0.483 e. The van der Waals surface area contributed by atoms with Crippen molar-refractivity contribution in [1.82, 2.24) is 15.0 Å². The summed E-state index contributed by atoms with van der Waals surface area (Å²) in [5.74, 6) is 1.20. The van der Waals surface area contributed by atoms with E-state index in [9.17, 15) is 9.59 Å². The van der Waals surface area contributed by atoms with Crippen molar-refractivity contribution in [2.45, 2.75) is 54.1 Å². The lowest BCUT2D eigenvalue weighted by Gasteiger charge is -2.25. The molecule has 8 nitrogen and oxygen atoms in total. The van der Waals surface area contributed by atoms with Crippen molar-refractivity contribution in [3.63, 3.8) is 0 Å². The van der Waals surface area contributed by atoms with Gasteiger partial charge in [0.05, 0.1) is 11.9 Å². The van der Waals surface area contributed by atoms with E-state index >= 15 is 0 Å². The SMILES string of the molecule is Cc1cc(OCC(=O)N(Cc2noc(C)n2)C(C)C)c2c(C)c(C)c(=O)oc2c1. The van der Waals surface area contributed by atoms with Crippen LogP contribution in [0.3, 0.4) is 0 Å². The second-order valence-electron chi connectivity index (χ2n) is 7.41. The molecular weight excluding hydrogens is 374 g/mol.